The van der Waals surface area contributed by atoms with Gasteiger partial charge in [0.2, 0.25) is 0 Å². The van der Waals surface area contributed by atoms with E-state index in [4.69, 9.17) is 4.42 Å². The zero-order valence-corrected chi connectivity index (χ0v) is 11.5. The zero-order chi connectivity index (χ0) is 15.5. The Morgan fingerprint density at radius 2 is 1.68 bits per heavy atom. The van der Waals surface area contributed by atoms with Gasteiger partial charge in [0.1, 0.15) is 5.58 Å². The molecule has 0 spiro atoms. The first-order valence-corrected chi connectivity index (χ1v) is 6.68. The van der Waals surface area contributed by atoms with Crippen molar-refractivity contribution < 1.29 is 14.3 Å². The quantitative estimate of drug-likeness (QED) is 0.591. The molecule has 4 nitrogen and oxygen atoms in total. The van der Waals surface area contributed by atoms with Gasteiger partial charge in [0.05, 0.1) is 5.56 Å². The molecule has 2 aromatic carbocycles. The number of carbonyl (C=O) groups is 1. The van der Waals surface area contributed by atoms with Crippen molar-refractivity contribution in [3.63, 3.8) is 0 Å². The average Bonchev–Trinajstić information content (AvgIpc) is 2.53. The molecule has 1 heterocycles. The molecule has 1 N–H and O–H groups in total. The number of fused-ring (bicyclic) bond motifs is 1. The van der Waals surface area contributed by atoms with Crippen LogP contribution in [0.1, 0.15) is 21.5 Å². The molecule has 3 aromatic rings. The van der Waals surface area contributed by atoms with Gasteiger partial charge in [-0.05, 0) is 23.3 Å². The summed E-state index contributed by atoms with van der Waals surface area (Å²) >= 11 is 0. The molecule has 0 aliphatic rings. The number of hydrogen-bond donors (Lipinski definition) is 1. The van der Waals surface area contributed by atoms with Crippen LogP contribution in [0.5, 0.6) is 0 Å². The molecule has 0 radical (unpaired) electrons. The lowest BCUT2D eigenvalue weighted by Gasteiger charge is -2.02. The molecular weight excluding hydrogens is 280 g/mol. The van der Waals surface area contributed by atoms with E-state index in [1.54, 1.807) is 18.2 Å². The van der Waals surface area contributed by atoms with Gasteiger partial charge in [0, 0.05) is 11.5 Å². The van der Waals surface area contributed by atoms with Crippen molar-refractivity contribution in [2.45, 2.75) is 0 Å². The van der Waals surface area contributed by atoms with Crippen LogP contribution in [0, 0.1) is 0 Å². The van der Waals surface area contributed by atoms with E-state index >= 15 is 0 Å². The minimum Gasteiger partial charge on any atom is -0.478 e. The van der Waals surface area contributed by atoms with Crippen LogP contribution in [0.2, 0.25) is 0 Å². The van der Waals surface area contributed by atoms with Crippen molar-refractivity contribution in [1.82, 2.24) is 0 Å². The first-order valence-electron chi connectivity index (χ1n) is 6.68. The Hall–Kier alpha value is -3.14. The molecule has 0 amide bonds. The number of hydrogen-bond acceptors (Lipinski definition) is 3. The van der Waals surface area contributed by atoms with Crippen LogP contribution in [-0.2, 0) is 0 Å². The largest absolute Gasteiger partial charge is 0.478 e. The van der Waals surface area contributed by atoms with E-state index in [2.05, 4.69) is 0 Å². The van der Waals surface area contributed by atoms with Crippen LogP contribution in [-0.4, -0.2) is 11.1 Å². The molecule has 0 aliphatic carbocycles. The van der Waals surface area contributed by atoms with Gasteiger partial charge in [-0.3, -0.25) is 0 Å². The molecular formula is C18H12O4. The minimum atomic E-state index is -1.15. The summed E-state index contributed by atoms with van der Waals surface area (Å²) in [5, 5.41) is 9.61. The summed E-state index contributed by atoms with van der Waals surface area (Å²) in [5.74, 6) is -1.15. The summed E-state index contributed by atoms with van der Waals surface area (Å²) in [7, 11) is 0. The highest BCUT2D eigenvalue weighted by atomic mass is 16.4. The minimum absolute atomic E-state index is 0.0544. The van der Waals surface area contributed by atoms with Crippen molar-refractivity contribution in [3.05, 3.63) is 81.7 Å². The van der Waals surface area contributed by atoms with Crippen LogP contribution in [0.3, 0.4) is 0 Å². The third kappa shape index (κ3) is 2.81. The highest BCUT2D eigenvalue weighted by molar-refractivity contribution is 6.02. The van der Waals surface area contributed by atoms with Gasteiger partial charge in [-0.1, -0.05) is 48.6 Å². The van der Waals surface area contributed by atoms with E-state index in [-0.39, 0.29) is 11.1 Å². The van der Waals surface area contributed by atoms with Crippen molar-refractivity contribution >= 4 is 29.1 Å². The predicted octanol–water partition coefficient (Wildman–Crippen LogP) is 3.66. The zero-order valence-electron chi connectivity index (χ0n) is 11.5. The summed E-state index contributed by atoms with van der Waals surface area (Å²) < 4.78 is 5.03. The molecule has 108 valence electrons. The molecule has 0 bridgehead atoms. The van der Waals surface area contributed by atoms with Gasteiger partial charge in [0.15, 0.2) is 0 Å². The lowest BCUT2D eigenvalue weighted by Crippen LogP contribution is -2.05. The molecule has 0 fully saturated rings. The van der Waals surface area contributed by atoms with E-state index in [1.165, 1.54) is 0 Å². The van der Waals surface area contributed by atoms with Crippen LogP contribution in [0.25, 0.3) is 23.1 Å². The molecule has 0 unspecified atom stereocenters. The Labute approximate surface area is 125 Å². The average molecular weight is 292 g/mol. The first-order chi connectivity index (χ1) is 10.6. The SMILES string of the molecule is O=C(O)c1cc(=O)oc2ccc(C=Cc3ccccc3)cc12. The number of carboxylic acid groups (broad SMARTS) is 1. The second-order valence-corrected chi connectivity index (χ2v) is 4.78. The van der Waals surface area contributed by atoms with Gasteiger partial charge in [-0.2, -0.15) is 0 Å². The molecule has 0 aliphatic heterocycles. The normalized spacial score (nSPS) is 11.1. The number of aromatic carboxylic acids is 1. The number of benzene rings is 2. The number of carboxylic acids is 1. The van der Waals surface area contributed by atoms with Gasteiger partial charge in [-0.15, -0.1) is 0 Å². The Morgan fingerprint density at radius 1 is 0.955 bits per heavy atom. The van der Waals surface area contributed by atoms with Crippen molar-refractivity contribution in [3.8, 4) is 0 Å². The fraction of sp³-hybridized carbons (Fsp3) is 0. The Balaban J connectivity index is 2.08. The molecule has 22 heavy (non-hydrogen) atoms. The predicted molar refractivity (Wildman–Crippen MR) is 84.8 cm³/mol. The van der Waals surface area contributed by atoms with E-state index in [9.17, 15) is 14.7 Å². The second kappa shape index (κ2) is 5.69. The lowest BCUT2D eigenvalue weighted by atomic mass is 10.1. The molecule has 1 aromatic heterocycles. The van der Waals surface area contributed by atoms with Crippen molar-refractivity contribution in [2.24, 2.45) is 0 Å². The highest BCUT2D eigenvalue weighted by Gasteiger charge is 2.11. The summed E-state index contributed by atoms with van der Waals surface area (Å²) in [6.45, 7) is 0. The van der Waals surface area contributed by atoms with Crippen LogP contribution in [0.4, 0.5) is 0 Å². The summed E-state index contributed by atoms with van der Waals surface area (Å²) in [5.41, 5.74) is 1.41. The third-order valence-electron chi connectivity index (χ3n) is 3.26. The fourth-order valence-electron chi connectivity index (χ4n) is 2.22. The van der Waals surface area contributed by atoms with Gasteiger partial charge in [0.25, 0.3) is 0 Å². The van der Waals surface area contributed by atoms with Crippen molar-refractivity contribution in [2.75, 3.05) is 0 Å². The van der Waals surface area contributed by atoms with Gasteiger partial charge in [-0.25, -0.2) is 9.59 Å². The molecule has 0 saturated carbocycles. The topological polar surface area (TPSA) is 67.5 Å². The summed E-state index contributed by atoms with van der Waals surface area (Å²) in [6, 6.07) is 15.8. The van der Waals surface area contributed by atoms with E-state index in [0.29, 0.717) is 5.39 Å². The third-order valence-corrected chi connectivity index (χ3v) is 3.26. The standard InChI is InChI=1S/C18H12O4/c19-17-11-15(18(20)21)14-10-13(8-9-16(14)22-17)7-6-12-4-2-1-3-5-12/h1-11H,(H,20,21). The Morgan fingerprint density at radius 3 is 2.41 bits per heavy atom. The fourth-order valence-corrected chi connectivity index (χ4v) is 2.22. The monoisotopic (exact) mass is 292 g/mol. The number of rotatable bonds is 3. The maximum absolute atomic E-state index is 11.4. The summed E-state index contributed by atoms with van der Waals surface area (Å²) in [6.07, 6.45) is 3.81. The van der Waals surface area contributed by atoms with E-state index in [1.807, 2.05) is 42.5 Å². The van der Waals surface area contributed by atoms with Gasteiger partial charge < -0.3 is 9.52 Å². The molecule has 3 rings (SSSR count). The van der Waals surface area contributed by atoms with Crippen LogP contribution < -0.4 is 5.63 Å². The Kier molecular flexibility index (Phi) is 3.58. The van der Waals surface area contributed by atoms with Crippen LogP contribution >= 0.6 is 0 Å². The highest BCUT2D eigenvalue weighted by Crippen LogP contribution is 2.20. The maximum Gasteiger partial charge on any atom is 0.337 e. The van der Waals surface area contributed by atoms with Crippen LogP contribution in [0.15, 0.2) is 63.8 Å². The van der Waals surface area contributed by atoms with E-state index in [0.717, 1.165) is 17.2 Å². The lowest BCUT2D eigenvalue weighted by molar-refractivity contribution is 0.0698. The molecule has 4 heteroatoms. The Bertz CT molecular complexity index is 921. The van der Waals surface area contributed by atoms with Crippen molar-refractivity contribution in [1.29, 1.82) is 0 Å². The molecule has 0 atom stereocenters. The van der Waals surface area contributed by atoms with E-state index < -0.39 is 11.6 Å². The first kappa shape index (κ1) is 13.8. The summed E-state index contributed by atoms with van der Waals surface area (Å²) in [4.78, 5) is 22.6. The maximum atomic E-state index is 11.4. The second-order valence-electron chi connectivity index (χ2n) is 4.78. The smallest absolute Gasteiger partial charge is 0.337 e. The van der Waals surface area contributed by atoms with Gasteiger partial charge >= 0.3 is 11.6 Å². The molecule has 0 saturated heterocycles.